The van der Waals surface area contributed by atoms with E-state index >= 15 is 0 Å². The fraction of sp³-hybridized carbons (Fsp3) is 0.100. The van der Waals surface area contributed by atoms with Crippen LogP contribution in [-0.2, 0) is 6.18 Å². The second-order valence-corrected chi connectivity index (χ2v) is 5.18. The van der Waals surface area contributed by atoms with Crippen LogP contribution in [0, 0.1) is 0 Å². The minimum atomic E-state index is -4.44. The van der Waals surface area contributed by atoms with Crippen LogP contribution in [0.25, 0.3) is 16.2 Å². The van der Waals surface area contributed by atoms with E-state index in [2.05, 4.69) is 15.1 Å². The highest BCUT2D eigenvalue weighted by atomic mass is 35.5. The molecule has 0 spiro atoms. The highest BCUT2D eigenvalue weighted by molar-refractivity contribution is 7.20. The summed E-state index contributed by atoms with van der Waals surface area (Å²) in [5.41, 5.74) is 0.0527. The van der Waals surface area contributed by atoms with Crippen LogP contribution in [0.2, 0.25) is 4.47 Å². The van der Waals surface area contributed by atoms with E-state index < -0.39 is 11.9 Å². The van der Waals surface area contributed by atoms with Crippen molar-refractivity contribution in [3.05, 3.63) is 34.7 Å². The lowest BCUT2D eigenvalue weighted by molar-refractivity contribution is -0.141. The van der Waals surface area contributed by atoms with E-state index in [0.29, 0.717) is 20.7 Å². The number of halogens is 4. The number of hydrogen-bond donors (Lipinski definition) is 0. The van der Waals surface area contributed by atoms with Crippen LogP contribution in [0.5, 0.6) is 0 Å². The molecule has 0 amide bonds. The van der Waals surface area contributed by atoms with Crippen LogP contribution in [0.1, 0.15) is 5.69 Å². The number of fused-ring (bicyclic) bond motifs is 1. The van der Waals surface area contributed by atoms with Gasteiger partial charge in [-0.15, -0.1) is 5.10 Å². The molecule has 98 valence electrons. The molecule has 9 heteroatoms. The van der Waals surface area contributed by atoms with Crippen molar-refractivity contribution in [1.29, 1.82) is 0 Å². The molecule has 3 aromatic heterocycles. The maximum Gasteiger partial charge on any atom is 0.433 e. The third-order valence-electron chi connectivity index (χ3n) is 2.37. The van der Waals surface area contributed by atoms with E-state index in [-0.39, 0.29) is 0 Å². The van der Waals surface area contributed by atoms with Crippen molar-refractivity contribution >= 4 is 27.9 Å². The summed E-state index contributed by atoms with van der Waals surface area (Å²) >= 11 is 6.88. The Labute approximate surface area is 113 Å². The third kappa shape index (κ3) is 2.28. The van der Waals surface area contributed by atoms with E-state index in [1.165, 1.54) is 21.9 Å². The summed E-state index contributed by atoms with van der Waals surface area (Å²) in [4.78, 5) is 8.16. The van der Waals surface area contributed by atoms with Crippen molar-refractivity contribution in [2.75, 3.05) is 0 Å². The second kappa shape index (κ2) is 4.17. The monoisotopic (exact) mass is 304 g/mol. The summed E-state index contributed by atoms with van der Waals surface area (Å²) in [5.74, 6) is 0. The van der Waals surface area contributed by atoms with Gasteiger partial charge in [-0.2, -0.15) is 13.2 Å². The summed E-state index contributed by atoms with van der Waals surface area (Å²) in [6.07, 6.45) is -1.72. The van der Waals surface area contributed by atoms with Crippen molar-refractivity contribution < 1.29 is 13.2 Å². The van der Waals surface area contributed by atoms with Crippen LogP contribution in [0.15, 0.2) is 24.5 Å². The molecule has 4 nitrogen and oxygen atoms in total. The third-order valence-corrected chi connectivity index (χ3v) is 3.39. The predicted octanol–water partition coefficient (Wildman–Crippen LogP) is 3.53. The minimum Gasteiger partial charge on any atom is -0.251 e. The van der Waals surface area contributed by atoms with Crippen molar-refractivity contribution in [2.45, 2.75) is 6.18 Å². The molecule has 0 fully saturated rings. The number of aromatic nitrogens is 4. The first-order chi connectivity index (χ1) is 8.93. The largest absolute Gasteiger partial charge is 0.433 e. The Morgan fingerprint density at radius 2 is 2.05 bits per heavy atom. The number of alkyl halides is 3. The Kier molecular flexibility index (Phi) is 2.72. The Balaban J connectivity index is 1.99. The molecular formula is C10H4ClF3N4S. The van der Waals surface area contributed by atoms with Crippen LogP contribution in [-0.4, -0.2) is 19.6 Å². The number of nitrogens with zero attached hydrogens (tertiary/aromatic N) is 4. The Bertz CT molecular complexity index is 700. The van der Waals surface area contributed by atoms with Crippen molar-refractivity contribution in [3.63, 3.8) is 0 Å². The molecule has 0 atom stereocenters. The number of rotatable bonds is 1. The normalized spacial score (nSPS) is 12.2. The van der Waals surface area contributed by atoms with Gasteiger partial charge in [0, 0.05) is 11.8 Å². The zero-order valence-corrected chi connectivity index (χ0v) is 10.6. The molecular weight excluding hydrogens is 301 g/mol. The molecule has 0 unspecified atom stereocenters. The van der Waals surface area contributed by atoms with Crippen molar-refractivity contribution in [3.8, 4) is 11.3 Å². The van der Waals surface area contributed by atoms with E-state index in [0.717, 1.165) is 12.3 Å². The molecule has 0 bridgehead atoms. The van der Waals surface area contributed by atoms with Crippen LogP contribution < -0.4 is 0 Å². The van der Waals surface area contributed by atoms with Gasteiger partial charge in [-0.1, -0.05) is 11.3 Å². The first kappa shape index (κ1) is 12.4. The maximum absolute atomic E-state index is 12.4. The molecule has 19 heavy (non-hydrogen) atoms. The molecule has 3 heterocycles. The first-order valence-corrected chi connectivity index (χ1v) is 6.18. The lowest BCUT2D eigenvalue weighted by Gasteiger charge is -2.05. The molecule has 0 radical (unpaired) electrons. The zero-order valence-electron chi connectivity index (χ0n) is 9.02. The Hall–Kier alpha value is -1.67. The lowest BCUT2D eigenvalue weighted by atomic mass is 10.2. The fourth-order valence-corrected chi connectivity index (χ4v) is 2.43. The number of imidazole rings is 1. The molecule has 0 N–H and O–H groups in total. The first-order valence-electron chi connectivity index (χ1n) is 4.99. The minimum absolute atomic E-state index is 0.347. The summed E-state index contributed by atoms with van der Waals surface area (Å²) < 4.78 is 39.0. The fourth-order valence-electron chi connectivity index (χ4n) is 1.53. The van der Waals surface area contributed by atoms with Gasteiger partial charge in [0.1, 0.15) is 5.69 Å². The molecule has 0 aromatic carbocycles. The average Bonchev–Trinajstić information content (AvgIpc) is 2.85. The van der Waals surface area contributed by atoms with Crippen molar-refractivity contribution in [2.24, 2.45) is 0 Å². The van der Waals surface area contributed by atoms with Gasteiger partial charge in [-0.05, 0) is 23.7 Å². The maximum atomic E-state index is 12.4. The summed E-state index contributed by atoms with van der Waals surface area (Å²) in [6, 6.07) is 2.24. The summed E-state index contributed by atoms with van der Waals surface area (Å²) in [7, 11) is 0. The molecule has 0 saturated carbocycles. The smallest absolute Gasteiger partial charge is 0.251 e. The van der Waals surface area contributed by atoms with Gasteiger partial charge in [-0.25, -0.2) is 9.50 Å². The molecule has 3 rings (SSSR count). The highest BCUT2D eigenvalue weighted by Crippen LogP contribution is 2.29. The van der Waals surface area contributed by atoms with E-state index in [1.807, 2.05) is 0 Å². The lowest BCUT2D eigenvalue weighted by Crippen LogP contribution is -2.07. The molecule has 0 aliphatic heterocycles. The van der Waals surface area contributed by atoms with Gasteiger partial charge in [0.05, 0.1) is 11.9 Å². The number of hydrogen-bond acceptors (Lipinski definition) is 4. The van der Waals surface area contributed by atoms with Gasteiger partial charge < -0.3 is 0 Å². The Morgan fingerprint density at radius 1 is 1.26 bits per heavy atom. The standard InChI is InChI=1S/C10H4ClF3N4S/c11-8-17-18-4-6(16-9(18)19-8)5-1-2-7(15-3-5)10(12,13)14/h1-4H. The van der Waals surface area contributed by atoms with Gasteiger partial charge in [-0.3, -0.25) is 4.98 Å². The van der Waals surface area contributed by atoms with Gasteiger partial charge >= 0.3 is 6.18 Å². The second-order valence-electron chi connectivity index (χ2n) is 3.64. The van der Waals surface area contributed by atoms with Crippen LogP contribution in [0.3, 0.4) is 0 Å². The quantitative estimate of drug-likeness (QED) is 0.691. The van der Waals surface area contributed by atoms with Gasteiger partial charge in [0.2, 0.25) is 9.43 Å². The number of pyridine rings is 1. The van der Waals surface area contributed by atoms with Gasteiger partial charge in [0.25, 0.3) is 0 Å². The van der Waals surface area contributed by atoms with E-state index in [9.17, 15) is 13.2 Å². The van der Waals surface area contributed by atoms with Crippen LogP contribution in [0.4, 0.5) is 13.2 Å². The van der Waals surface area contributed by atoms with Crippen LogP contribution >= 0.6 is 22.9 Å². The van der Waals surface area contributed by atoms with E-state index in [1.54, 1.807) is 6.20 Å². The Morgan fingerprint density at radius 3 is 2.63 bits per heavy atom. The average molecular weight is 305 g/mol. The molecule has 3 aromatic rings. The van der Waals surface area contributed by atoms with Gasteiger partial charge in [0.15, 0.2) is 0 Å². The van der Waals surface area contributed by atoms with Crippen molar-refractivity contribution in [1.82, 2.24) is 19.6 Å². The summed E-state index contributed by atoms with van der Waals surface area (Å²) in [6.45, 7) is 0. The van der Waals surface area contributed by atoms with E-state index in [4.69, 9.17) is 11.6 Å². The topological polar surface area (TPSA) is 43.1 Å². The molecule has 0 aliphatic carbocycles. The summed E-state index contributed by atoms with van der Waals surface area (Å²) in [5, 5.41) is 3.95. The molecule has 0 aliphatic rings. The predicted molar refractivity (Wildman–Crippen MR) is 64.1 cm³/mol. The SMILES string of the molecule is FC(F)(F)c1ccc(-c2cn3nc(Cl)sc3n2)cn1. The zero-order chi connectivity index (χ0) is 13.6. The molecule has 0 saturated heterocycles. The highest BCUT2D eigenvalue weighted by Gasteiger charge is 2.32.